The molecule has 0 spiro atoms. The summed E-state index contributed by atoms with van der Waals surface area (Å²) < 4.78 is 4.83. The molecule has 0 saturated heterocycles. The van der Waals surface area contributed by atoms with Crippen molar-refractivity contribution in [1.29, 1.82) is 5.26 Å². The average molecular weight is 1160 g/mol. The van der Waals surface area contributed by atoms with Gasteiger partial charge in [0.15, 0.2) is 17.5 Å². The second-order valence-electron chi connectivity index (χ2n) is 24.7. The van der Waals surface area contributed by atoms with Gasteiger partial charge in [0.2, 0.25) is 0 Å². The van der Waals surface area contributed by atoms with Crippen LogP contribution >= 0.6 is 0 Å². The molecular formula is C84H64N6. The van der Waals surface area contributed by atoms with Crippen LogP contribution in [0.3, 0.4) is 0 Å². The average Bonchev–Trinajstić information content (AvgIpc) is 1.56. The standard InChI is InChI=1S/C84H64N6/c1-50-32-51(2)37-65(36-50)61-23-28-75-71(45-61)72-46-62(66-38-52(3)33-53(4)39-66)24-29-76(72)89(75)79-21-15-20-70(84-87-82(59-16-11-9-12-17-59)86-83(88-84)60-18-13-10-14-19-60)81(79)69-27-22-58(49-85)44-80(69)90-77-30-25-63(67-40-54(5)34-55(6)41-67)47-73(77)74-48-64(26-31-78(74)90)68-42-56(7)35-57(8)43-68/h9-48H,1-8H3. The maximum atomic E-state index is 11.1. The summed E-state index contributed by atoms with van der Waals surface area (Å²) in [5.41, 5.74) is 29.8. The van der Waals surface area contributed by atoms with Crippen molar-refractivity contribution in [2.45, 2.75) is 55.4 Å². The van der Waals surface area contributed by atoms with Crippen LogP contribution in [0.4, 0.5) is 0 Å². The van der Waals surface area contributed by atoms with Gasteiger partial charge in [-0.15, -0.1) is 0 Å². The maximum absolute atomic E-state index is 11.1. The Bertz CT molecular complexity index is 5110. The Morgan fingerprint density at radius 3 is 0.967 bits per heavy atom. The lowest BCUT2D eigenvalue weighted by molar-refractivity contribution is 1.07. The third-order valence-corrected chi connectivity index (χ3v) is 17.6. The van der Waals surface area contributed by atoms with Crippen LogP contribution in [0, 0.1) is 66.7 Å². The van der Waals surface area contributed by atoms with Crippen molar-refractivity contribution in [3.8, 4) is 107 Å². The van der Waals surface area contributed by atoms with Crippen LogP contribution < -0.4 is 0 Å². The number of aromatic nitrogens is 5. The zero-order valence-corrected chi connectivity index (χ0v) is 51.8. The van der Waals surface area contributed by atoms with Crippen molar-refractivity contribution in [2.75, 3.05) is 0 Å². The molecule has 3 heterocycles. The first-order chi connectivity index (χ1) is 43.8. The van der Waals surface area contributed by atoms with Crippen LogP contribution in [0.1, 0.15) is 50.1 Å². The molecule has 15 aromatic rings. The third kappa shape index (κ3) is 10.0. The first kappa shape index (κ1) is 55.3. The number of hydrogen-bond acceptors (Lipinski definition) is 4. The van der Waals surface area contributed by atoms with E-state index in [-0.39, 0.29) is 0 Å². The highest BCUT2D eigenvalue weighted by Gasteiger charge is 2.27. The molecule has 0 N–H and O–H groups in total. The van der Waals surface area contributed by atoms with Crippen molar-refractivity contribution in [2.24, 2.45) is 0 Å². The molecule has 0 aliphatic rings. The van der Waals surface area contributed by atoms with Crippen molar-refractivity contribution in [3.05, 3.63) is 293 Å². The maximum Gasteiger partial charge on any atom is 0.164 e. The highest BCUT2D eigenvalue weighted by Crippen LogP contribution is 2.47. The molecule has 0 saturated carbocycles. The molecule has 0 aliphatic carbocycles. The molecule has 0 unspecified atom stereocenters. The number of nitrogens with zero attached hydrogens (tertiary/aromatic N) is 6. The Kier molecular flexibility index (Phi) is 13.6. The minimum absolute atomic E-state index is 0.517. The van der Waals surface area contributed by atoms with Gasteiger partial charge < -0.3 is 9.13 Å². The monoisotopic (exact) mass is 1160 g/mol. The quantitative estimate of drug-likeness (QED) is 0.137. The number of fused-ring (bicyclic) bond motifs is 6. The van der Waals surface area contributed by atoms with E-state index in [1.165, 1.54) is 66.8 Å². The van der Waals surface area contributed by atoms with Gasteiger partial charge in [-0.3, -0.25) is 0 Å². The molecule has 3 aromatic heterocycles. The summed E-state index contributed by atoms with van der Waals surface area (Å²) in [5.74, 6) is 1.64. The summed E-state index contributed by atoms with van der Waals surface area (Å²) in [4.78, 5) is 16.2. The zero-order chi connectivity index (χ0) is 61.5. The highest BCUT2D eigenvalue weighted by atomic mass is 15.0. The molecule has 0 atom stereocenters. The fourth-order valence-electron chi connectivity index (χ4n) is 14.0. The number of rotatable bonds is 10. The van der Waals surface area contributed by atoms with Gasteiger partial charge >= 0.3 is 0 Å². The molecule has 0 radical (unpaired) electrons. The molecule has 90 heavy (non-hydrogen) atoms. The summed E-state index contributed by atoms with van der Waals surface area (Å²) >= 11 is 0. The van der Waals surface area contributed by atoms with Crippen LogP contribution in [0.15, 0.2) is 243 Å². The van der Waals surface area contributed by atoms with E-state index < -0.39 is 0 Å². The molecule has 430 valence electrons. The number of nitriles is 1. The second kappa shape index (κ2) is 22.2. The summed E-state index contributed by atoms with van der Waals surface area (Å²) in [6.45, 7) is 17.4. The summed E-state index contributed by atoms with van der Waals surface area (Å²) in [6, 6.07) is 90.5. The Morgan fingerprint density at radius 2 is 0.611 bits per heavy atom. The van der Waals surface area contributed by atoms with Crippen LogP contribution in [-0.4, -0.2) is 24.1 Å². The van der Waals surface area contributed by atoms with Crippen LogP contribution in [-0.2, 0) is 0 Å². The van der Waals surface area contributed by atoms with Crippen LogP contribution in [0.5, 0.6) is 0 Å². The molecule has 6 nitrogen and oxygen atoms in total. The molecule has 0 bridgehead atoms. The normalized spacial score (nSPS) is 11.5. The Balaban J connectivity index is 1.07. The first-order valence-corrected chi connectivity index (χ1v) is 30.8. The van der Waals surface area contributed by atoms with E-state index in [0.29, 0.717) is 23.0 Å². The molecule has 15 rings (SSSR count). The molecule has 0 amide bonds. The van der Waals surface area contributed by atoms with Gasteiger partial charge in [-0.1, -0.05) is 220 Å². The van der Waals surface area contributed by atoms with Gasteiger partial charge in [-0.05, 0) is 167 Å². The lowest BCUT2D eigenvalue weighted by Crippen LogP contribution is -2.06. The van der Waals surface area contributed by atoms with Crippen LogP contribution in [0.25, 0.3) is 145 Å². The van der Waals surface area contributed by atoms with E-state index in [1.807, 2.05) is 42.5 Å². The van der Waals surface area contributed by atoms with Crippen molar-refractivity contribution in [3.63, 3.8) is 0 Å². The van der Waals surface area contributed by atoms with Gasteiger partial charge in [0.25, 0.3) is 0 Å². The van der Waals surface area contributed by atoms with E-state index >= 15 is 0 Å². The molecular weight excluding hydrogens is 1090 g/mol. The largest absolute Gasteiger partial charge is 0.309 e. The lowest BCUT2D eigenvalue weighted by Gasteiger charge is -2.22. The second-order valence-corrected chi connectivity index (χ2v) is 24.7. The van der Waals surface area contributed by atoms with E-state index in [2.05, 4.69) is 271 Å². The van der Waals surface area contributed by atoms with E-state index in [4.69, 9.17) is 15.0 Å². The molecule has 6 heteroatoms. The first-order valence-electron chi connectivity index (χ1n) is 30.8. The molecule has 0 aliphatic heterocycles. The van der Waals surface area contributed by atoms with Gasteiger partial charge in [-0.25, -0.2) is 15.0 Å². The van der Waals surface area contributed by atoms with Gasteiger partial charge in [0.1, 0.15) is 0 Å². The molecule has 0 fully saturated rings. The third-order valence-electron chi connectivity index (χ3n) is 17.6. The fourth-order valence-corrected chi connectivity index (χ4v) is 14.0. The summed E-state index contributed by atoms with van der Waals surface area (Å²) in [5, 5.41) is 15.6. The molecule has 12 aromatic carbocycles. The lowest BCUT2D eigenvalue weighted by atomic mass is 9.93. The summed E-state index contributed by atoms with van der Waals surface area (Å²) in [7, 11) is 0. The fraction of sp³-hybridized carbons (Fsp3) is 0.0952. The smallest absolute Gasteiger partial charge is 0.164 e. The van der Waals surface area contributed by atoms with Crippen molar-refractivity contribution in [1.82, 2.24) is 24.1 Å². The minimum Gasteiger partial charge on any atom is -0.309 e. The van der Waals surface area contributed by atoms with Gasteiger partial charge in [-0.2, -0.15) is 5.26 Å². The SMILES string of the molecule is Cc1cc(C)cc(-c2ccc3c(c2)c2cc(-c4cc(C)cc(C)c4)ccc2n3-c2cc(C#N)ccc2-c2c(-c3nc(-c4ccccc4)nc(-c4ccccc4)n3)cccc2-n2c3ccc(-c4cc(C)cc(C)c4)cc3c3cc(-c4cc(C)cc(C)c4)ccc32)c1. The Morgan fingerprint density at radius 1 is 0.267 bits per heavy atom. The van der Waals surface area contributed by atoms with Crippen molar-refractivity contribution < 1.29 is 0 Å². The highest BCUT2D eigenvalue weighted by molar-refractivity contribution is 6.14. The predicted octanol–water partition coefficient (Wildman–Crippen LogP) is 21.7. The van der Waals surface area contributed by atoms with Crippen LogP contribution in [0.2, 0.25) is 0 Å². The Hall–Kier alpha value is -11.3. The minimum atomic E-state index is 0.517. The predicted molar refractivity (Wildman–Crippen MR) is 375 cm³/mol. The van der Waals surface area contributed by atoms with Gasteiger partial charge in [0, 0.05) is 49.4 Å². The van der Waals surface area contributed by atoms with E-state index in [0.717, 1.165) is 105 Å². The van der Waals surface area contributed by atoms with Gasteiger partial charge in [0.05, 0.1) is 45.1 Å². The Labute approximate surface area is 525 Å². The van der Waals surface area contributed by atoms with Crippen molar-refractivity contribution >= 4 is 43.6 Å². The zero-order valence-electron chi connectivity index (χ0n) is 51.8. The number of aryl methyl sites for hydroxylation is 8. The van der Waals surface area contributed by atoms with E-state index in [9.17, 15) is 5.26 Å². The summed E-state index contributed by atoms with van der Waals surface area (Å²) in [6.07, 6.45) is 0. The van der Waals surface area contributed by atoms with E-state index in [1.54, 1.807) is 0 Å². The number of benzene rings is 12. The topological polar surface area (TPSA) is 72.3 Å². The number of hydrogen-bond donors (Lipinski definition) is 0.